The van der Waals surface area contributed by atoms with Crippen LogP contribution in [0.4, 0.5) is 11.4 Å². The molecule has 0 aromatic heterocycles. The number of benzene rings is 1. The first-order valence-electron chi connectivity index (χ1n) is 9.44. The number of amides is 2. The van der Waals surface area contributed by atoms with Crippen LogP contribution in [0.5, 0.6) is 0 Å². The van der Waals surface area contributed by atoms with Crippen molar-refractivity contribution < 1.29 is 9.59 Å². The number of carbonyl (C=O) groups is 2. The van der Waals surface area contributed by atoms with Crippen LogP contribution >= 0.6 is 0 Å². The largest absolute Gasteiger partial charge is 0.306 e. The predicted octanol–water partition coefficient (Wildman–Crippen LogP) is 3.01. The molecule has 0 radical (unpaired) electrons. The van der Waals surface area contributed by atoms with E-state index in [0.29, 0.717) is 12.6 Å². The lowest BCUT2D eigenvalue weighted by atomic mass is 9.95. The molecule has 5 nitrogen and oxygen atoms in total. The minimum Gasteiger partial charge on any atom is -0.306 e. The van der Waals surface area contributed by atoms with Crippen LogP contribution in [0.3, 0.4) is 0 Å². The van der Waals surface area contributed by atoms with Gasteiger partial charge in [-0.15, -0.1) is 0 Å². The normalized spacial score (nSPS) is 18.6. The van der Waals surface area contributed by atoms with Gasteiger partial charge in [0.25, 0.3) is 0 Å². The van der Waals surface area contributed by atoms with E-state index in [2.05, 4.69) is 5.32 Å². The van der Waals surface area contributed by atoms with Gasteiger partial charge in [0.1, 0.15) is 6.54 Å². The molecule has 1 aromatic rings. The number of anilines is 2. The number of hydrogen-bond acceptors (Lipinski definition) is 3. The number of hydrogen-bond donors (Lipinski definition) is 1. The highest BCUT2D eigenvalue weighted by Crippen LogP contribution is 2.35. The van der Waals surface area contributed by atoms with E-state index in [1.165, 1.54) is 19.3 Å². The van der Waals surface area contributed by atoms with Gasteiger partial charge in [-0.1, -0.05) is 25.3 Å². The maximum Gasteiger partial charge on any atom is 0.247 e. The quantitative estimate of drug-likeness (QED) is 0.914. The molecule has 1 fully saturated rings. The molecule has 3 rings (SSSR count). The Morgan fingerprint density at radius 1 is 1.20 bits per heavy atom. The van der Waals surface area contributed by atoms with E-state index < -0.39 is 0 Å². The molecule has 0 spiro atoms. The number of rotatable bonds is 4. The Morgan fingerprint density at radius 3 is 2.60 bits per heavy atom. The van der Waals surface area contributed by atoms with Gasteiger partial charge in [-0.3, -0.25) is 14.5 Å². The zero-order valence-corrected chi connectivity index (χ0v) is 15.5. The Kier molecular flexibility index (Phi) is 5.42. The Labute approximate surface area is 150 Å². The summed E-state index contributed by atoms with van der Waals surface area (Å²) in [4.78, 5) is 28.9. The number of aryl methyl sites for hydroxylation is 1. The second-order valence-electron chi connectivity index (χ2n) is 7.55. The Hall–Kier alpha value is -1.88. The van der Waals surface area contributed by atoms with Crippen LogP contribution in [-0.2, 0) is 9.59 Å². The lowest BCUT2D eigenvalue weighted by Crippen LogP contribution is -2.52. The highest BCUT2D eigenvalue weighted by molar-refractivity contribution is 6.11. The molecule has 2 amide bonds. The maximum atomic E-state index is 12.8. The van der Waals surface area contributed by atoms with Crippen molar-refractivity contribution in [2.75, 3.05) is 22.9 Å². The van der Waals surface area contributed by atoms with E-state index in [1.54, 1.807) is 9.80 Å². The lowest BCUT2D eigenvalue weighted by molar-refractivity contribution is -0.122. The first kappa shape index (κ1) is 17.9. The van der Waals surface area contributed by atoms with E-state index >= 15 is 0 Å². The van der Waals surface area contributed by atoms with Crippen LogP contribution < -0.4 is 15.1 Å². The second kappa shape index (κ2) is 7.56. The summed E-state index contributed by atoms with van der Waals surface area (Å²) in [7, 11) is 0. The molecule has 1 N–H and O–H groups in total. The third-order valence-corrected chi connectivity index (χ3v) is 5.21. The smallest absolute Gasteiger partial charge is 0.247 e. The van der Waals surface area contributed by atoms with Crippen molar-refractivity contribution >= 4 is 23.2 Å². The molecule has 1 aromatic carbocycles. The number of nitrogens with zero attached hydrogens (tertiary/aromatic N) is 2. The van der Waals surface area contributed by atoms with E-state index in [0.717, 1.165) is 29.8 Å². The second-order valence-corrected chi connectivity index (χ2v) is 7.55. The minimum atomic E-state index is -0.0193. The average Bonchev–Trinajstić information content (AvgIpc) is 2.59. The average molecular weight is 343 g/mol. The van der Waals surface area contributed by atoms with Crippen molar-refractivity contribution in [3.05, 3.63) is 23.8 Å². The van der Waals surface area contributed by atoms with Crippen molar-refractivity contribution in [1.29, 1.82) is 0 Å². The number of nitrogens with one attached hydrogen (secondary N) is 1. The third-order valence-electron chi connectivity index (χ3n) is 5.21. The Morgan fingerprint density at radius 2 is 1.92 bits per heavy atom. The van der Waals surface area contributed by atoms with E-state index in [1.807, 2.05) is 39.0 Å². The molecular formula is C20H29N3O2. The summed E-state index contributed by atoms with van der Waals surface area (Å²) in [5.74, 6) is -0.0356. The first-order chi connectivity index (χ1) is 12.0. The fourth-order valence-corrected chi connectivity index (χ4v) is 3.91. The predicted molar refractivity (Wildman–Crippen MR) is 101 cm³/mol. The minimum absolute atomic E-state index is 0.0163. The summed E-state index contributed by atoms with van der Waals surface area (Å²) >= 11 is 0. The first-order valence-corrected chi connectivity index (χ1v) is 9.44. The van der Waals surface area contributed by atoms with Crippen molar-refractivity contribution in [2.24, 2.45) is 0 Å². The van der Waals surface area contributed by atoms with E-state index in [9.17, 15) is 9.59 Å². The van der Waals surface area contributed by atoms with Crippen molar-refractivity contribution in [2.45, 2.75) is 65.0 Å². The van der Waals surface area contributed by atoms with Crippen LogP contribution in [0.15, 0.2) is 18.2 Å². The third kappa shape index (κ3) is 3.87. The molecular weight excluding hydrogens is 314 g/mol. The Balaban J connectivity index is 1.78. The van der Waals surface area contributed by atoms with Gasteiger partial charge >= 0.3 is 0 Å². The molecule has 1 saturated carbocycles. The van der Waals surface area contributed by atoms with Crippen molar-refractivity contribution in [3.63, 3.8) is 0 Å². The summed E-state index contributed by atoms with van der Waals surface area (Å²) < 4.78 is 0. The fourth-order valence-electron chi connectivity index (χ4n) is 3.91. The Bertz CT molecular complexity index is 650. The lowest BCUT2D eigenvalue weighted by Gasteiger charge is -2.38. The summed E-state index contributed by atoms with van der Waals surface area (Å²) in [6, 6.07) is 6.47. The summed E-state index contributed by atoms with van der Waals surface area (Å²) in [6.07, 6.45) is 6.05. The molecule has 0 unspecified atom stereocenters. The van der Waals surface area contributed by atoms with Gasteiger partial charge in [-0.2, -0.15) is 0 Å². The van der Waals surface area contributed by atoms with E-state index in [-0.39, 0.29) is 24.4 Å². The van der Waals surface area contributed by atoms with Crippen molar-refractivity contribution in [3.8, 4) is 0 Å². The monoisotopic (exact) mass is 343 g/mol. The van der Waals surface area contributed by atoms with Crippen LogP contribution in [-0.4, -0.2) is 37.0 Å². The molecule has 25 heavy (non-hydrogen) atoms. The molecule has 2 aliphatic rings. The zero-order chi connectivity index (χ0) is 18.0. The zero-order valence-electron chi connectivity index (χ0n) is 15.5. The van der Waals surface area contributed by atoms with Crippen LogP contribution in [0, 0.1) is 6.92 Å². The molecule has 1 aliphatic heterocycles. The highest BCUT2D eigenvalue weighted by atomic mass is 16.2. The van der Waals surface area contributed by atoms with Crippen LogP contribution in [0.25, 0.3) is 0 Å². The van der Waals surface area contributed by atoms with E-state index in [4.69, 9.17) is 0 Å². The molecule has 0 atom stereocenters. The maximum absolute atomic E-state index is 12.8. The van der Waals surface area contributed by atoms with Crippen molar-refractivity contribution in [1.82, 2.24) is 5.32 Å². The molecule has 1 heterocycles. The van der Waals surface area contributed by atoms with Gasteiger partial charge in [-0.05, 0) is 51.3 Å². The standard InChI is InChI=1S/C20H29N3O2/c1-14(2)23-17-10-9-15(3)11-18(17)22(13-20(23)25)19(24)12-21-16-7-5-4-6-8-16/h9-11,14,16,21H,4-8,12-13H2,1-3H3. The fraction of sp³-hybridized carbons (Fsp3) is 0.600. The molecule has 1 aliphatic carbocycles. The van der Waals surface area contributed by atoms with Gasteiger partial charge in [0, 0.05) is 12.1 Å². The number of carbonyl (C=O) groups excluding carboxylic acids is 2. The number of fused-ring (bicyclic) bond motifs is 1. The van der Waals surface area contributed by atoms with Gasteiger partial charge in [0.2, 0.25) is 11.8 Å². The molecule has 0 saturated heterocycles. The molecule has 5 heteroatoms. The van der Waals surface area contributed by atoms with Crippen LogP contribution in [0.1, 0.15) is 51.5 Å². The van der Waals surface area contributed by atoms with Crippen LogP contribution in [0.2, 0.25) is 0 Å². The van der Waals surface area contributed by atoms with Gasteiger partial charge in [0.15, 0.2) is 0 Å². The molecule has 136 valence electrons. The summed E-state index contributed by atoms with van der Waals surface area (Å²) in [5.41, 5.74) is 2.78. The summed E-state index contributed by atoms with van der Waals surface area (Å²) in [5, 5.41) is 3.40. The highest BCUT2D eigenvalue weighted by Gasteiger charge is 2.33. The van der Waals surface area contributed by atoms with Gasteiger partial charge in [-0.25, -0.2) is 0 Å². The van der Waals surface area contributed by atoms with Gasteiger partial charge < -0.3 is 10.2 Å². The summed E-state index contributed by atoms with van der Waals surface area (Å²) in [6.45, 7) is 6.44. The van der Waals surface area contributed by atoms with Gasteiger partial charge in [0.05, 0.1) is 17.9 Å². The molecule has 0 bridgehead atoms. The topological polar surface area (TPSA) is 52.7 Å². The SMILES string of the molecule is Cc1ccc2c(c1)N(C(=O)CNC1CCCCC1)CC(=O)N2C(C)C.